The maximum Gasteiger partial charge on any atom is 0.119 e. The molecular formula is C13H17NO. The molecule has 1 aromatic carbocycles. The van der Waals surface area contributed by atoms with Gasteiger partial charge in [-0.1, -0.05) is 0 Å². The molecule has 0 N–H and O–H groups in total. The zero-order chi connectivity index (χ0) is 11.0. The van der Waals surface area contributed by atoms with Crippen LogP contribution >= 0.6 is 0 Å². The van der Waals surface area contributed by atoms with Gasteiger partial charge in [0.25, 0.3) is 0 Å². The van der Waals surface area contributed by atoms with Crippen LogP contribution in [0.15, 0.2) is 18.2 Å². The fraction of sp³-hybridized carbons (Fsp3) is 0.385. The van der Waals surface area contributed by atoms with Gasteiger partial charge in [0, 0.05) is 23.1 Å². The molecule has 0 atom stereocenters. The van der Waals surface area contributed by atoms with Crippen LogP contribution in [0.4, 0.5) is 0 Å². The van der Waals surface area contributed by atoms with Crippen LogP contribution in [-0.2, 0) is 6.54 Å². The van der Waals surface area contributed by atoms with E-state index < -0.39 is 0 Å². The average Bonchev–Trinajstić information content (AvgIpc) is 2.51. The summed E-state index contributed by atoms with van der Waals surface area (Å²) in [6.07, 6.45) is 0. The number of methoxy groups -OCH3 is 1. The number of aromatic nitrogens is 1. The molecule has 0 radical (unpaired) electrons. The van der Waals surface area contributed by atoms with E-state index in [-0.39, 0.29) is 0 Å². The van der Waals surface area contributed by atoms with Crippen LogP contribution in [0.1, 0.15) is 18.2 Å². The van der Waals surface area contributed by atoms with Crippen molar-refractivity contribution in [1.29, 1.82) is 0 Å². The van der Waals surface area contributed by atoms with Crippen LogP contribution in [0.2, 0.25) is 0 Å². The highest BCUT2D eigenvalue weighted by Gasteiger charge is 2.09. The smallest absolute Gasteiger partial charge is 0.119 e. The van der Waals surface area contributed by atoms with Gasteiger partial charge in [-0.25, -0.2) is 0 Å². The monoisotopic (exact) mass is 203 g/mol. The summed E-state index contributed by atoms with van der Waals surface area (Å²) in [5.41, 5.74) is 4.00. The third kappa shape index (κ3) is 1.41. The molecule has 2 nitrogen and oxygen atoms in total. The van der Waals surface area contributed by atoms with Gasteiger partial charge in [0.05, 0.1) is 7.11 Å². The molecule has 2 rings (SSSR count). The van der Waals surface area contributed by atoms with Crippen molar-refractivity contribution < 1.29 is 4.74 Å². The topological polar surface area (TPSA) is 14.2 Å². The molecule has 15 heavy (non-hydrogen) atoms. The van der Waals surface area contributed by atoms with Crippen LogP contribution in [0, 0.1) is 13.8 Å². The first-order chi connectivity index (χ1) is 7.19. The average molecular weight is 203 g/mol. The zero-order valence-corrected chi connectivity index (χ0v) is 9.79. The molecule has 0 amide bonds. The molecule has 0 aliphatic rings. The Morgan fingerprint density at radius 3 is 2.60 bits per heavy atom. The lowest BCUT2D eigenvalue weighted by atomic mass is 10.1. The van der Waals surface area contributed by atoms with Crippen LogP contribution in [0.3, 0.4) is 0 Å². The van der Waals surface area contributed by atoms with Crippen LogP contribution in [-0.4, -0.2) is 11.7 Å². The van der Waals surface area contributed by atoms with Crippen LogP contribution in [0.5, 0.6) is 5.75 Å². The lowest BCUT2D eigenvalue weighted by Crippen LogP contribution is -1.96. The summed E-state index contributed by atoms with van der Waals surface area (Å²) < 4.78 is 7.59. The minimum Gasteiger partial charge on any atom is -0.497 e. The summed E-state index contributed by atoms with van der Waals surface area (Å²) in [7, 11) is 1.71. The minimum atomic E-state index is 0.929. The number of hydrogen-bond acceptors (Lipinski definition) is 1. The Morgan fingerprint density at radius 2 is 2.00 bits per heavy atom. The van der Waals surface area contributed by atoms with E-state index in [1.807, 2.05) is 6.07 Å². The first kappa shape index (κ1) is 10.1. The number of fused-ring (bicyclic) bond motifs is 1. The Kier molecular flexibility index (Phi) is 2.43. The fourth-order valence-electron chi connectivity index (χ4n) is 2.16. The van der Waals surface area contributed by atoms with Gasteiger partial charge in [0.15, 0.2) is 0 Å². The predicted octanol–water partition coefficient (Wildman–Crippen LogP) is 3.29. The molecule has 0 spiro atoms. The summed E-state index contributed by atoms with van der Waals surface area (Å²) in [5, 5.41) is 1.30. The van der Waals surface area contributed by atoms with Gasteiger partial charge in [0.2, 0.25) is 0 Å². The van der Waals surface area contributed by atoms with Crippen molar-refractivity contribution >= 4 is 10.9 Å². The van der Waals surface area contributed by atoms with Gasteiger partial charge < -0.3 is 9.30 Å². The number of ether oxygens (including phenoxy) is 1. The Labute approximate surface area is 90.5 Å². The van der Waals surface area contributed by atoms with Crippen molar-refractivity contribution in [3.05, 3.63) is 29.5 Å². The largest absolute Gasteiger partial charge is 0.497 e. The maximum absolute atomic E-state index is 5.25. The molecule has 1 aromatic heterocycles. The second-order valence-corrected chi connectivity index (χ2v) is 3.84. The van der Waals surface area contributed by atoms with Crippen molar-refractivity contribution in [3.63, 3.8) is 0 Å². The first-order valence-corrected chi connectivity index (χ1v) is 5.32. The summed E-state index contributed by atoms with van der Waals surface area (Å²) in [4.78, 5) is 0. The number of benzene rings is 1. The number of aryl methyl sites for hydroxylation is 2. The molecule has 80 valence electrons. The van der Waals surface area contributed by atoms with Crippen molar-refractivity contribution in [2.45, 2.75) is 27.3 Å². The first-order valence-electron chi connectivity index (χ1n) is 5.32. The van der Waals surface area contributed by atoms with Crippen molar-refractivity contribution in [1.82, 2.24) is 4.57 Å². The molecular weight excluding hydrogens is 186 g/mol. The lowest BCUT2D eigenvalue weighted by molar-refractivity contribution is 0.415. The highest BCUT2D eigenvalue weighted by atomic mass is 16.5. The standard InChI is InChI=1S/C13H17NO/c1-5-14-10(3)9(2)12-8-11(15-4)6-7-13(12)14/h6-8H,5H2,1-4H3. The molecule has 0 aliphatic carbocycles. The molecule has 0 fully saturated rings. The Bertz CT molecular complexity index is 497. The molecule has 0 unspecified atom stereocenters. The molecule has 0 saturated carbocycles. The molecule has 1 heterocycles. The van der Waals surface area contributed by atoms with Gasteiger partial charge in [0.1, 0.15) is 5.75 Å². The van der Waals surface area contributed by atoms with Gasteiger partial charge in [-0.15, -0.1) is 0 Å². The number of rotatable bonds is 2. The number of nitrogens with zero attached hydrogens (tertiary/aromatic N) is 1. The summed E-state index contributed by atoms with van der Waals surface area (Å²) in [6.45, 7) is 7.53. The van der Waals surface area contributed by atoms with Crippen molar-refractivity contribution in [2.75, 3.05) is 7.11 Å². The highest BCUT2D eigenvalue weighted by Crippen LogP contribution is 2.28. The Morgan fingerprint density at radius 1 is 1.27 bits per heavy atom. The number of hydrogen-bond donors (Lipinski definition) is 0. The molecule has 0 aliphatic heterocycles. The van der Waals surface area contributed by atoms with Gasteiger partial charge in [-0.3, -0.25) is 0 Å². The zero-order valence-electron chi connectivity index (χ0n) is 9.79. The summed E-state index contributed by atoms with van der Waals surface area (Å²) in [6, 6.07) is 6.27. The normalized spacial score (nSPS) is 10.9. The third-order valence-corrected chi connectivity index (χ3v) is 3.16. The third-order valence-electron chi connectivity index (χ3n) is 3.16. The van der Waals surface area contributed by atoms with Crippen LogP contribution in [0.25, 0.3) is 10.9 Å². The summed E-state index contributed by atoms with van der Waals surface area (Å²) in [5.74, 6) is 0.929. The summed E-state index contributed by atoms with van der Waals surface area (Å²) >= 11 is 0. The van der Waals surface area contributed by atoms with Gasteiger partial charge >= 0.3 is 0 Å². The fourth-order valence-corrected chi connectivity index (χ4v) is 2.16. The Balaban J connectivity index is 2.78. The molecule has 0 bridgehead atoms. The molecule has 2 aromatic rings. The predicted molar refractivity (Wildman–Crippen MR) is 63.6 cm³/mol. The van der Waals surface area contributed by atoms with E-state index >= 15 is 0 Å². The van der Waals surface area contributed by atoms with E-state index in [9.17, 15) is 0 Å². The van der Waals surface area contributed by atoms with E-state index in [1.54, 1.807) is 7.11 Å². The second-order valence-electron chi connectivity index (χ2n) is 3.84. The quantitative estimate of drug-likeness (QED) is 0.730. The van der Waals surface area contributed by atoms with E-state index in [0.29, 0.717) is 0 Å². The SMILES string of the molecule is CCn1c(C)c(C)c2cc(OC)ccc21. The van der Waals surface area contributed by atoms with E-state index in [0.717, 1.165) is 12.3 Å². The highest BCUT2D eigenvalue weighted by molar-refractivity contribution is 5.86. The van der Waals surface area contributed by atoms with E-state index in [1.165, 1.54) is 22.2 Å². The minimum absolute atomic E-state index is 0.929. The van der Waals surface area contributed by atoms with Crippen molar-refractivity contribution in [3.8, 4) is 5.75 Å². The molecule has 0 saturated heterocycles. The maximum atomic E-state index is 5.25. The van der Waals surface area contributed by atoms with Gasteiger partial charge in [-0.2, -0.15) is 0 Å². The van der Waals surface area contributed by atoms with Crippen LogP contribution < -0.4 is 4.74 Å². The second kappa shape index (κ2) is 3.61. The van der Waals surface area contributed by atoms with Gasteiger partial charge in [-0.05, 0) is 44.5 Å². The van der Waals surface area contributed by atoms with E-state index in [4.69, 9.17) is 4.74 Å². The lowest BCUT2D eigenvalue weighted by Gasteiger charge is -2.04. The van der Waals surface area contributed by atoms with E-state index in [2.05, 4.69) is 37.5 Å². The Hall–Kier alpha value is -1.44. The van der Waals surface area contributed by atoms with Crippen molar-refractivity contribution in [2.24, 2.45) is 0 Å². The molecule has 2 heteroatoms.